The number of aromatic nitrogens is 4. The van der Waals surface area contributed by atoms with E-state index in [1.165, 1.54) is 44.5 Å². The molecule has 2 aliphatic rings. The van der Waals surface area contributed by atoms with Crippen LogP contribution in [0.1, 0.15) is 36.0 Å². The molecule has 2 aliphatic carbocycles. The predicted molar refractivity (Wildman–Crippen MR) is 254 cm³/mol. The summed E-state index contributed by atoms with van der Waals surface area (Å²) < 4.78 is 94.6. The van der Waals surface area contributed by atoms with E-state index in [4.69, 9.17) is 28.1 Å². The molecule has 63 heavy (non-hydrogen) atoms. The van der Waals surface area contributed by atoms with Gasteiger partial charge in [-0.25, -0.2) is 15.0 Å². The van der Waals surface area contributed by atoms with Gasteiger partial charge in [0.1, 0.15) is 11.2 Å². The first-order valence-corrected chi connectivity index (χ1v) is 20.6. The van der Waals surface area contributed by atoms with Crippen LogP contribution in [0.15, 0.2) is 210 Å². The van der Waals surface area contributed by atoms with Gasteiger partial charge in [0, 0.05) is 43.9 Å². The Kier molecular flexibility index (Phi) is 5.29. The number of rotatable bonds is 4. The Hall–Kier alpha value is -8.41. The van der Waals surface area contributed by atoms with Crippen LogP contribution in [-0.4, -0.2) is 19.5 Å². The highest BCUT2D eigenvalue weighted by molar-refractivity contribution is 6.19. The van der Waals surface area contributed by atoms with E-state index in [1.807, 2.05) is 24.3 Å². The van der Waals surface area contributed by atoms with Crippen LogP contribution in [0.25, 0.3) is 106 Å². The van der Waals surface area contributed by atoms with Crippen LogP contribution < -0.4 is 0 Å². The third kappa shape index (κ3) is 4.63. The summed E-state index contributed by atoms with van der Waals surface area (Å²) in [7, 11) is 0. The van der Waals surface area contributed by atoms with Crippen molar-refractivity contribution >= 4 is 43.7 Å². The Morgan fingerprint density at radius 3 is 1.71 bits per heavy atom. The molecule has 0 radical (unpaired) electrons. The van der Waals surface area contributed by atoms with Crippen molar-refractivity contribution in [2.75, 3.05) is 0 Å². The van der Waals surface area contributed by atoms with Gasteiger partial charge in [-0.15, -0.1) is 0 Å². The standard InChI is InChI=1S/C58H34N4O/c1-3-16-35(17-4-1)55-59-56(36-18-5-2-6-19-36)61-57(60-55)42-24-15-29-51-52(42)43-34-37(30-33-50(43)63-51)62-48-28-14-10-23-41(48)54-49(62)32-31-47-53(54)40-22-9-13-27-46(40)58(47)44-25-11-7-20-38(44)39-21-8-12-26-45(39)58/h1-34H/i1D,2D,3D,4D,5D,6D,16D,17D,18D,19D. The highest BCUT2D eigenvalue weighted by atomic mass is 16.3. The Labute approximate surface area is 376 Å². The molecular weight excluding hydrogens is 769 g/mol. The molecule has 0 fully saturated rings. The quantitative estimate of drug-likeness (QED) is 0.178. The number of hydrogen-bond acceptors (Lipinski definition) is 4. The van der Waals surface area contributed by atoms with E-state index in [1.54, 1.807) is 12.1 Å². The van der Waals surface area contributed by atoms with Gasteiger partial charge >= 0.3 is 0 Å². The molecule has 3 heterocycles. The fraction of sp³-hybridized carbons (Fsp3) is 0.0172. The van der Waals surface area contributed by atoms with E-state index in [0.29, 0.717) is 27.5 Å². The molecule has 0 unspecified atom stereocenters. The van der Waals surface area contributed by atoms with E-state index in [9.17, 15) is 0 Å². The number of para-hydroxylation sites is 1. The summed E-state index contributed by atoms with van der Waals surface area (Å²) in [6, 6.07) is 44.5. The number of furan rings is 1. The third-order valence-corrected chi connectivity index (χ3v) is 12.9. The van der Waals surface area contributed by atoms with Gasteiger partial charge in [0.2, 0.25) is 0 Å². The Balaban J connectivity index is 1.02. The molecular formula is C58H34N4O. The lowest BCUT2D eigenvalue weighted by Gasteiger charge is -2.30. The summed E-state index contributed by atoms with van der Waals surface area (Å²) in [5.74, 6) is -0.743. The summed E-state index contributed by atoms with van der Waals surface area (Å²) in [4.78, 5) is 14.0. The maximum atomic E-state index is 8.85. The molecule has 12 aromatic rings. The smallest absolute Gasteiger partial charge is 0.164 e. The normalized spacial score (nSPS) is 15.4. The van der Waals surface area contributed by atoms with E-state index in [2.05, 4.69) is 119 Å². The van der Waals surface area contributed by atoms with E-state index >= 15 is 0 Å². The van der Waals surface area contributed by atoms with Crippen molar-refractivity contribution in [1.82, 2.24) is 19.5 Å². The van der Waals surface area contributed by atoms with Gasteiger partial charge < -0.3 is 8.98 Å². The van der Waals surface area contributed by atoms with E-state index in [0.717, 1.165) is 27.5 Å². The molecule has 1 spiro atoms. The SMILES string of the molecule is [2H]c1c([2H])c([2H])c(-c2nc(-c3c([2H])c([2H])c([2H])c([2H])c3[2H])nc(-c3cccc4oc5ccc(-n6c7ccccc7c7c8c(ccc76)C6(c7ccccc7-c7ccccc76)c6ccccc6-8)cc5c34)n2)c([2H])c1[2H]. The molecule has 14 rings (SSSR count). The molecule has 0 saturated carbocycles. The number of hydrogen-bond donors (Lipinski definition) is 0. The largest absolute Gasteiger partial charge is 0.456 e. The van der Waals surface area contributed by atoms with Crippen LogP contribution in [-0.2, 0) is 5.41 Å². The fourth-order valence-corrected chi connectivity index (χ4v) is 10.5. The van der Waals surface area contributed by atoms with Crippen molar-refractivity contribution < 1.29 is 18.1 Å². The average Bonchev–Trinajstić information content (AvgIpc) is 4.15. The van der Waals surface area contributed by atoms with Crippen molar-refractivity contribution in [3.63, 3.8) is 0 Å². The highest BCUT2D eigenvalue weighted by Crippen LogP contribution is 2.64. The van der Waals surface area contributed by atoms with Crippen molar-refractivity contribution in [2.24, 2.45) is 0 Å². The van der Waals surface area contributed by atoms with Crippen molar-refractivity contribution in [1.29, 1.82) is 0 Å². The Morgan fingerprint density at radius 1 is 0.429 bits per heavy atom. The zero-order valence-electron chi connectivity index (χ0n) is 43.1. The molecule has 0 N–H and O–H groups in total. The van der Waals surface area contributed by atoms with E-state index in [-0.39, 0.29) is 28.6 Å². The van der Waals surface area contributed by atoms with Crippen molar-refractivity contribution in [3.8, 4) is 62.1 Å². The topological polar surface area (TPSA) is 56.7 Å². The third-order valence-electron chi connectivity index (χ3n) is 12.9. The molecule has 0 atom stereocenters. The van der Waals surface area contributed by atoms with E-state index < -0.39 is 65.8 Å². The lowest BCUT2D eigenvalue weighted by atomic mass is 9.70. The van der Waals surface area contributed by atoms with Crippen LogP contribution in [0.4, 0.5) is 0 Å². The number of benzene rings is 9. The zero-order chi connectivity index (χ0) is 49.9. The minimum atomic E-state index is -0.620. The summed E-state index contributed by atoms with van der Waals surface area (Å²) in [6.45, 7) is 0. The van der Waals surface area contributed by atoms with Crippen LogP contribution in [0.2, 0.25) is 0 Å². The monoisotopic (exact) mass is 812 g/mol. The lowest BCUT2D eigenvalue weighted by Crippen LogP contribution is -2.25. The second-order valence-electron chi connectivity index (χ2n) is 15.9. The summed E-state index contributed by atoms with van der Waals surface area (Å²) in [5, 5.41) is 3.49. The molecule has 0 aliphatic heterocycles. The van der Waals surface area contributed by atoms with Crippen LogP contribution in [0.5, 0.6) is 0 Å². The van der Waals surface area contributed by atoms with Gasteiger partial charge in [0.25, 0.3) is 0 Å². The molecule has 292 valence electrons. The minimum Gasteiger partial charge on any atom is -0.456 e. The molecule has 0 amide bonds. The first kappa shape index (κ1) is 26.0. The van der Waals surface area contributed by atoms with Gasteiger partial charge in [0.05, 0.1) is 30.2 Å². The Bertz CT molecular complexity index is 4300. The van der Waals surface area contributed by atoms with Crippen LogP contribution in [0, 0.1) is 0 Å². The first-order chi connectivity index (χ1) is 35.4. The molecule has 5 nitrogen and oxygen atoms in total. The zero-order valence-corrected chi connectivity index (χ0v) is 33.1. The highest BCUT2D eigenvalue weighted by Gasteiger charge is 2.52. The number of fused-ring (bicyclic) bond motifs is 17. The summed E-state index contributed by atoms with van der Waals surface area (Å²) in [5.41, 5.74) is 12.9. The molecule has 0 bridgehead atoms. The number of nitrogens with zero attached hydrogens (tertiary/aromatic N) is 4. The second kappa shape index (κ2) is 12.8. The lowest BCUT2D eigenvalue weighted by molar-refractivity contribution is 0.669. The fourth-order valence-electron chi connectivity index (χ4n) is 10.5. The molecule has 9 aromatic carbocycles. The Morgan fingerprint density at radius 2 is 1.02 bits per heavy atom. The van der Waals surface area contributed by atoms with Gasteiger partial charge in [-0.1, -0.05) is 170 Å². The van der Waals surface area contributed by atoms with Gasteiger partial charge in [0.15, 0.2) is 17.5 Å². The second-order valence-corrected chi connectivity index (χ2v) is 15.9. The molecule has 0 saturated heterocycles. The van der Waals surface area contributed by atoms with Gasteiger partial charge in [-0.3, -0.25) is 0 Å². The van der Waals surface area contributed by atoms with Crippen molar-refractivity contribution in [3.05, 3.63) is 228 Å². The van der Waals surface area contributed by atoms with Gasteiger partial charge in [-0.2, -0.15) is 0 Å². The molecule has 3 aromatic heterocycles. The molecule has 5 heteroatoms. The minimum absolute atomic E-state index is 0.0487. The summed E-state index contributed by atoms with van der Waals surface area (Å²) in [6.07, 6.45) is 0. The van der Waals surface area contributed by atoms with Crippen LogP contribution in [0.3, 0.4) is 0 Å². The van der Waals surface area contributed by atoms with Crippen LogP contribution >= 0.6 is 0 Å². The maximum Gasteiger partial charge on any atom is 0.164 e. The first-order valence-electron chi connectivity index (χ1n) is 25.6. The van der Waals surface area contributed by atoms with Crippen molar-refractivity contribution in [2.45, 2.75) is 5.41 Å². The average molecular weight is 813 g/mol. The summed E-state index contributed by atoms with van der Waals surface area (Å²) >= 11 is 0. The maximum absolute atomic E-state index is 8.85. The predicted octanol–water partition coefficient (Wildman–Crippen LogP) is 14.2. The van der Waals surface area contributed by atoms with Gasteiger partial charge in [-0.05, 0) is 80.9 Å².